The maximum Gasteiger partial charge on any atom is 0.316 e. The van der Waals surface area contributed by atoms with Gasteiger partial charge in [0.1, 0.15) is 5.75 Å². The Balaban J connectivity index is 2.58. The largest absolute Gasteiger partial charge is 0.426 e. The minimum absolute atomic E-state index is 0.370. The summed E-state index contributed by atoms with van der Waals surface area (Å²) in [6.07, 6.45) is 0. The molecule has 5 nitrogen and oxygen atoms in total. The van der Waals surface area contributed by atoms with E-state index in [4.69, 9.17) is 10.5 Å². The maximum absolute atomic E-state index is 11.2. The fraction of sp³-hybridized carbons (Fsp3) is 0.0667. The van der Waals surface area contributed by atoms with Gasteiger partial charge in [0, 0.05) is 12.5 Å². The molecule has 0 aliphatic heterocycles. The molecule has 20 heavy (non-hydrogen) atoms. The van der Waals surface area contributed by atoms with Gasteiger partial charge in [0.05, 0.1) is 5.69 Å². The lowest BCUT2D eigenvalue weighted by molar-refractivity contribution is -0.131. The van der Waals surface area contributed by atoms with Crippen LogP contribution >= 0.6 is 0 Å². The van der Waals surface area contributed by atoms with Crippen molar-refractivity contribution >= 4 is 17.7 Å². The molecule has 0 heterocycles. The van der Waals surface area contributed by atoms with Gasteiger partial charge in [0.2, 0.25) is 0 Å². The first-order chi connectivity index (χ1) is 9.58. The van der Waals surface area contributed by atoms with Crippen LogP contribution < -0.4 is 15.8 Å². The first-order valence-corrected chi connectivity index (χ1v) is 6.01. The van der Waals surface area contributed by atoms with E-state index in [9.17, 15) is 9.59 Å². The number of primary amides is 1. The summed E-state index contributed by atoms with van der Waals surface area (Å²) in [6, 6.07) is 13.7. The van der Waals surface area contributed by atoms with Crippen molar-refractivity contribution in [2.75, 3.05) is 5.32 Å². The average molecular weight is 270 g/mol. The molecule has 0 fully saturated rings. The molecule has 2 aromatic rings. The van der Waals surface area contributed by atoms with Gasteiger partial charge >= 0.3 is 12.0 Å². The summed E-state index contributed by atoms with van der Waals surface area (Å²) >= 11 is 0. The molecule has 0 unspecified atom stereocenters. The minimum Gasteiger partial charge on any atom is -0.426 e. The molecule has 102 valence electrons. The number of esters is 1. The molecular formula is C15H14N2O3. The Labute approximate surface area is 116 Å². The second kappa shape index (κ2) is 5.88. The standard InChI is InChI=1S/C15H14N2O3/c1-10(18)20-13-9-5-8-12(17-15(16)19)14(13)11-6-3-2-4-7-11/h2-9H,1H3,(H3,16,17,19). The summed E-state index contributed by atoms with van der Waals surface area (Å²) in [6.45, 7) is 1.32. The summed E-state index contributed by atoms with van der Waals surface area (Å²) in [7, 11) is 0. The molecule has 0 aliphatic rings. The van der Waals surface area contributed by atoms with Gasteiger partial charge in [-0.3, -0.25) is 4.79 Å². The fourth-order valence-electron chi connectivity index (χ4n) is 1.91. The van der Waals surface area contributed by atoms with Crippen LogP contribution in [0.15, 0.2) is 48.5 Å². The van der Waals surface area contributed by atoms with Gasteiger partial charge in [-0.05, 0) is 17.7 Å². The van der Waals surface area contributed by atoms with Crippen LogP contribution in [0.4, 0.5) is 10.5 Å². The molecule has 0 atom stereocenters. The summed E-state index contributed by atoms with van der Waals surface area (Å²) in [5.41, 5.74) is 7.08. The predicted octanol–water partition coefficient (Wildman–Crippen LogP) is 2.77. The number of hydrogen-bond acceptors (Lipinski definition) is 3. The van der Waals surface area contributed by atoms with E-state index in [1.807, 2.05) is 30.3 Å². The van der Waals surface area contributed by atoms with E-state index in [-0.39, 0.29) is 0 Å². The highest BCUT2D eigenvalue weighted by Gasteiger charge is 2.14. The van der Waals surface area contributed by atoms with Crippen LogP contribution in [0.1, 0.15) is 6.92 Å². The van der Waals surface area contributed by atoms with E-state index in [1.54, 1.807) is 18.2 Å². The van der Waals surface area contributed by atoms with Gasteiger partial charge in [0.25, 0.3) is 0 Å². The topological polar surface area (TPSA) is 81.4 Å². The van der Waals surface area contributed by atoms with Gasteiger partial charge in [-0.25, -0.2) is 4.79 Å². The van der Waals surface area contributed by atoms with Gasteiger partial charge in [-0.15, -0.1) is 0 Å². The first kappa shape index (κ1) is 13.6. The Morgan fingerprint density at radius 1 is 1.05 bits per heavy atom. The van der Waals surface area contributed by atoms with Crippen molar-refractivity contribution in [3.8, 4) is 16.9 Å². The normalized spacial score (nSPS) is 9.85. The molecule has 0 saturated heterocycles. The van der Waals surface area contributed by atoms with Crippen LogP contribution in [0.3, 0.4) is 0 Å². The summed E-state index contributed by atoms with van der Waals surface area (Å²) in [4.78, 5) is 22.3. The van der Waals surface area contributed by atoms with Gasteiger partial charge in [0.15, 0.2) is 0 Å². The Morgan fingerprint density at radius 3 is 2.35 bits per heavy atom. The zero-order valence-corrected chi connectivity index (χ0v) is 10.9. The zero-order chi connectivity index (χ0) is 14.5. The highest BCUT2D eigenvalue weighted by atomic mass is 16.5. The Hall–Kier alpha value is -2.82. The quantitative estimate of drug-likeness (QED) is 0.664. The molecule has 0 radical (unpaired) electrons. The van der Waals surface area contributed by atoms with Crippen molar-refractivity contribution in [1.82, 2.24) is 0 Å². The molecule has 0 saturated carbocycles. The molecule has 5 heteroatoms. The molecule has 2 amide bonds. The first-order valence-electron chi connectivity index (χ1n) is 6.01. The Morgan fingerprint density at radius 2 is 1.75 bits per heavy atom. The molecule has 0 spiro atoms. The summed E-state index contributed by atoms with van der Waals surface area (Å²) in [5.74, 6) is -0.0617. The van der Waals surface area contributed by atoms with Crippen LogP contribution in [0.2, 0.25) is 0 Å². The van der Waals surface area contributed by atoms with Crippen molar-refractivity contribution in [2.45, 2.75) is 6.92 Å². The van der Waals surface area contributed by atoms with E-state index >= 15 is 0 Å². The summed E-state index contributed by atoms with van der Waals surface area (Å²) < 4.78 is 5.19. The fourth-order valence-corrected chi connectivity index (χ4v) is 1.91. The van der Waals surface area contributed by atoms with Crippen molar-refractivity contribution in [2.24, 2.45) is 5.73 Å². The van der Waals surface area contributed by atoms with Crippen LogP contribution in [0.5, 0.6) is 5.75 Å². The predicted molar refractivity (Wildman–Crippen MR) is 76.4 cm³/mol. The maximum atomic E-state index is 11.2. The van der Waals surface area contributed by atoms with Crippen molar-refractivity contribution in [3.63, 3.8) is 0 Å². The number of anilines is 1. The lowest BCUT2D eigenvalue weighted by Crippen LogP contribution is -2.20. The third-order valence-electron chi connectivity index (χ3n) is 2.60. The lowest BCUT2D eigenvalue weighted by Gasteiger charge is -2.14. The number of nitrogens with two attached hydrogens (primary N) is 1. The molecular weight excluding hydrogens is 256 g/mol. The number of carbonyl (C=O) groups excluding carboxylic acids is 2. The lowest BCUT2D eigenvalue weighted by atomic mass is 10.0. The average Bonchev–Trinajstić information content (AvgIpc) is 2.38. The van der Waals surface area contributed by atoms with Gasteiger partial charge < -0.3 is 15.8 Å². The molecule has 0 bridgehead atoms. The SMILES string of the molecule is CC(=O)Oc1cccc(NC(N)=O)c1-c1ccccc1. The molecule has 0 aromatic heterocycles. The second-order valence-electron chi connectivity index (χ2n) is 4.13. The number of urea groups is 1. The minimum atomic E-state index is -0.679. The highest BCUT2D eigenvalue weighted by Crippen LogP contribution is 2.36. The molecule has 0 aliphatic carbocycles. The number of carbonyl (C=O) groups is 2. The highest BCUT2D eigenvalue weighted by molar-refractivity contribution is 5.95. The number of hydrogen-bond donors (Lipinski definition) is 2. The van der Waals surface area contributed by atoms with Crippen LogP contribution in [-0.4, -0.2) is 12.0 Å². The number of benzene rings is 2. The molecule has 2 aromatic carbocycles. The second-order valence-corrected chi connectivity index (χ2v) is 4.13. The number of amides is 2. The number of rotatable bonds is 3. The van der Waals surface area contributed by atoms with Crippen molar-refractivity contribution in [3.05, 3.63) is 48.5 Å². The number of nitrogens with one attached hydrogen (secondary N) is 1. The Bertz CT molecular complexity index is 605. The number of ether oxygens (including phenoxy) is 1. The van der Waals surface area contributed by atoms with E-state index in [0.717, 1.165) is 5.56 Å². The molecule has 3 N–H and O–H groups in total. The van der Waals surface area contributed by atoms with Crippen LogP contribution in [0.25, 0.3) is 11.1 Å². The van der Waals surface area contributed by atoms with Crippen LogP contribution in [-0.2, 0) is 4.79 Å². The van der Waals surface area contributed by atoms with E-state index in [0.29, 0.717) is 17.0 Å². The van der Waals surface area contributed by atoms with Gasteiger partial charge in [-0.2, -0.15) is 0 Å². The van der Waals surface area contributed by atoms with E-state index < -0.39 is 12.0 Å². The monoisotopic (exact) mass is 270 g/mol. The van der Waals surface area contributed by atoms with E-state index in [2.05, 4.69) is 5.32 Å². The van der Waals surface area contributed by atoms with E-state index in [1.165, 1.54) is 6.92 Å². The molecule has 2 rings (SSSR count). The van der Waals surface area contributed by atoms with Crippen molar-refractivity contribution < 1.29 is 14.3 Å². The zero-order valence-electron chi connectivity index (χ0n) is 10.9. The van der Waals surface area contributed by atoms with Crippen LogP contribution in [0, 0.1) is 0 Å². The van der Waals surface area contributed by atoms with Gasteiger partial charge in [-0.1, -0.05) is 36.4 Å². The smallest absolute Gasteiger partial charge is 0.316 e. The third kappa shape index (κ3) is 3.14. The summed E-state index contributed by atoms with van der Waals surface area (Å²) in [5, 5.41) is 2.53. The Kier molecular flexibility index (Phi) is 4.00. The van der Waals surface area contributed by atoms with Crippen molar-refractivity contribution in [1.29, 1.82) is 0 Å². The third-order valence-corrected chi connectivity index (χ3v) is 2.60.